The molecule has 0 amide bonds. The number of pyridine rings is 1. The molecule has 0 fully saturated rings. The number of hydrazone groups is 1. The van der Waals surface area contributed by atoms with Crippen molar-refractivity contribution in [1.82, 2.24) is 4.98 Å². The van der Waals surface area contributed by atoms with Crippen LogP contribution in [0, 0.1) is 0 Å². The SMILES string of the molecule is CCOc1c(Br)cc(/C=N/Nc2ccccn2)cc1Br. The summed E-state index contributed by atoms with van der Waals surface area (Å²) in [6.45, 7) is 2.57. The van der Waals surface area contributed by atoms with Crippen LogP contribution in [0.2, 0.25) is 0 Å². The van der Waals surface area contributed by atoms with Gasteiger partial charge in [0.2, 0.25) is 0 Å². The molecule has 104 valence electrons. The monoisotopic (exact) mass is 397 g/mol. The van der Waals surface area contributed by atoms with Crippen molar-refractivity contribution >= 4 is 43.9 Å². The van der Waals surface area contributed by atoms with Gasteiger partial charge in [0.05, 0.1) is 21.8 Å². The minimum absolute atomic E-state index is 0.617. The molecule has 0 aliphatic heterocycles. The maximum absolute atomic E-state index is 5.53. The topological polar surface area (TPSA) is 46.5 Å². The van der Waals surface area contributed by atoms with Crippen LogP contribution in [0.5, 0.6) is 5.75 Å². The van der Waals surface area contributed by atoms with Gasteiger partial charge in [-0.05, 0) is 68.6 Å². The Morgan fingerprint density at radius 3 is 2.65 bits per heavy atom. The lowest BCUT2D eigenvalue weighted by molar-refractivity contribution is 0.336. The first-order valence-electron chi connectivity index (χ1n) is 6.02. The number of hydrogen-bond donors (Lipinski definition) is 1. The molecule has 1 aromatic carbocycles. The highest BCUT2D eigenvalue weighted by Gasteiger charge is 2.07. The van der Waals surface area contributed by atoms with Gasteiger partial charge in [-0.3, -0.25) is 5.43 Å². The van der Waals surface area contributed by atoms with Crippen LogP contribution in [0.1, 0.15) is 12.5 Å². The average molecular weight is 399 g/mol. The Hall–Kier alpha value is -1.40. The average Bonchev–Trinajstić information content (AvgIpc) is 2.44. The maximum atomic E-state index is 5.53. The van der Waals surface area contributed by atoms with E-state index in [9.17, 15) is 0 Å². The van der Waals surface area contributed by atoms with Crippen LogP contribution in [0.25, 0.3) is 0 Å². The Morgan fingerprint density at radius 1 is 1.30 bits per heavy atom. The van der Waals surface area contributed by atoms with E-state index in [4.69, 9.17) is 4.74 Å². The lowest BCUT2D eigenvalue weighted by Crippen LogP contribution is -1.96. The van der Waals surface area contributed by atoms with Crippen LogP contribution in [0.15, 0.2) is 50.6 Å². The second-order valence-corrected chi connectivity index (χ2v) is 5.54. The Bertz CT molecular complexity index is 580. The van der Waals surface area contributed by atoms with Gasteiger partial charge in [-0.25, -0.2) is 4.98 Å². The van der Waals surface area contributed by atoms with Crippen LogP contribution < -0.4 is 10.2 Å². The third kappa shape index (κ3) is 4.05. The Kier molecular flexibility index (Phi) is 5.55. The van der Waals surface area contributed by atoms with Gasteiger partial charge >= 0.3 is 0 Å². The zero-order chi connectivity index (χ0) is 14.4. The van der Waals surface area contributed by atoms with Crippen LogP contribution in [0.4, 0.5) is 5.82 Å². The molecule has 1 heterocycles. The van der Waals surface area contributed by atoms with Crippen LogP contribution >= 0.6 is 31.9 Å². The highest BCUT2D eigenvalue weighted by Crippen LogP contribution is 2.34. The van der Waals surface area contributed by atoms with E-state index in [1.54, 1.807) is 12.4 Å². The van der Waals surface area contributed by atoms with E-state index in [-0.39, 0.29) is 0 Å². The number of ether oxygens (including phenoxy) is 1. The third-order valence-electron chi connectivity index (χ3n) is 2.37. The molecular formula is C14H13Br2N3O. The van der Waals surface area contributed by atoms with Gasteiger partial charge in [0.15, 0.2) is 0 Å². The Balaban J connectivity index is 2.10. The van der Waals surface area contributed by atoms with Crippen LogP contribution in [-0.2, 0) is 0 Å². The molecule has 0 aliphatic rings. The van der Waals surface area contributed by atoms with E-state index in [0.717, 1.165) is 20.3 Å². The molecule has 2 rings (SSSR count). The van der Waals surface area contributed by atoms with E-state index < -0.39 is 0 Å². The van der Waals surface area contributed by atoms with Crippen molar-refractivity contribution in [2.24, 2.45) is 5.10 Å². The van der Waals surface area contributed by atoms with Crippen LogP contribution in [0.3, 0.4) is 0 Å². The Labute approximate surface area is 134 Å². The summed E-state index contributed by atoms with van der Waals surface area (Å²) in [5, 5.41) is 4.15. The molecule has 1 N–H and O–H groups in total. The van der Waals surface area contributed by atoms with Gasteiger partial charge in [0, 0.05) is 6.20 Å². The number of halogens is 2. The smallest absolute Gasteiger partial charge is 0.147 e. The standard InChI is InChI=1S/C14H13Br2N3O/c1-2-20-14-11(15)7-10(8-12(14)16)9-18-19-13-5-3-4-6-17-13/h3-9H,2H2,1H3,(H,17,19)/b18-9+. The second-order valence-electron chi connectivity index (χ2n) is 3.83. The molecule has 0 saturated carbocycles. The number of anilines is 1. The molecule has 2 aromatic rings. The summed E-state index contributed by atoms with van der Waals surface area (Å²) in [6.07, 6.45) is 3.43. The summed E-state index contributed by atoms with van der Waals surface area (Å²) in [5.41, 5.74) is 3.81. The molecule has 0 atom stereocenters. The molecule has 1 aromatic heterocycles. The second kappa shape index (κ2) is 7.40. The number of nitrogens with zero attached hydrogens (tertiary/aromatic N) is 2. The van der Waals surface area contributed by atoms with E-state index in [1.165, 1.54) is 0 Å². The quantitative estimate of drug-likeness (QED) is 0.597. The summed E-state index contributed by atoms with van der Waals surface area (Å²) < 4.78 is 7.30. The predicted octanol–water partition coefficient (Wildman–Crippen LogP) is 4.45. The molecule has 4 nitrogen and oxygen atoms in total. The van der Waals surface area contributed by atoms with Crippen molar-refractivity contribution in [1.29, 1.82) is 0 Å². The molecule has 6 heteroatoms. The van der Waals surface area contributed by atoms with Crippen molar-refractivity contribution in [2.45, 2.75) is 6.92 Å². The molecule has 0 radical (unpaired) electrons. The van der Waals surface area contributed by atoms with Crippen molar-refractivity contribution in [3.63, 3.8) is 0 Å². The van der Waals surface area contributed by atoms with Gasteiger partial charge in [-0.1, -0.05) is 6.07 Å². The minimum atomic E-state index is 0.617. The summed E-state index contributed by atoms with van der Waals surface area (Å²) in [7, 11) is 0. The fourth-order valence-electron chi connectivity index (χ4n) is 1.54. The predicted molar refractivity (Wildman–Crippen MR) is 88.5 cm³/mol. The number of hydrogen-bond acceptors (Lipinski definition) is 4. The fraction of sp³-hybridized carbons (Fsp3) is 0.143. The highest BCUT2D eigenvalue weighted by atomic mass is 79.9. The largest absolute Gasteiger partial charge is 0.492 e. The lowest BCUT2D eigenvalue weighted by Gasteiger charge is -2.09. The normalized spacial score (nSPS) is 10.8. The minimum Gasteiger partial charge on any atom is -0.492 e. The van der Waals surface area contributed by atoms with E-state index in [2.05, 4.69) is 47.4 Å². The zero-order valence-corrected chi connectivity index (χ0v) is 14.0. The van der Waals surface area contributed by atoms with Crippen molar-refractivity contribution < 1.29 is 4.74 Å². The van der Waals surface area contributed by atoms with Crippen molar-refractivity contribution in [2.75, 3.05) is 12.0 Å². The molecule has 20 heavy (non-hydrogen) atoms. The number of nitrogens with one attached hydrogen (secondary N) is 1. The first-order valence-corrected chi connectivity index (χ1v) is 7.61. The third-order valence-corrected chi connectivity index (χ3v) is 3.54. The summed E-state index contributed by atoms with van der Waals surface area (Å²) in [5.74, 6) is 1.50. The van der Waals surface area contributed by atoms with E-state index in [1.807, 2.05) is 37.3 Å². The zero-order valence-electron chi connectivity index (χ0n) is 10.8. The number of benzene rings is 1. The molecule has 0 saturated heterocycles. The first kappa shape index (κ1) is 15.0. The van der Waals surface area contributed by atoms with E-state index >= 15 is 0 Å². The van der Waals surface area contributed by atoms with Crippen LogP contribution in [-0.4, -0.2) is 17.8 Å². The molecule has 0 spiro atoms. The number of aromatic nitrogens is 1. The van der Waals surface area contributed by atoms with Gasteiger partial charge < -0.3 is 4.74 Å². The summed E-state index contributed by atoms with van der Waals surface area (Å²) in [6, 6.07) is 9.49. The highest BCUT2D eigenvalue weighted by molar-refractivity contribution is 9.11. The number of rotatable bonds is 5. The maximum Gasteiger partial charge on any atom is 0.147 e. The fourth-order valence-corrected chi connectivity index (χ4v) is 2.99. The molecule has 0 unspecified atom stereocenters. The van der Waals surface area contributed by atoms with Crippen molar-refractivity contribution in [3.05, 3.63) is 51.0 Å². The van der Waals surface area contributed by atoms with Crippen molar-refractivity contribution in [3.8, 4) is 5.75 Å². The van der Waals surface area contributed by atoms with Gasteiger partial charge in [-0.2, -0.15) is 5.10 Å². The molecular weight excluding hydrogens is 386 g/mol. The Morgan fingerprint density at radius 2 is 2.05 bits per heavy atom. The van der Waals surface area contributed by atoms with Gasteiger partial charge in [-0.15, -0.1) is 0 Å². The molecule has 0 bridgehead atoms. The summed E-state index contributed by atoms with van der Waals surface area (Å²) >= 11 is 6.97. The van der Waals surface area contributed by atoms with Gasteiger partial charge in [0.25, 0.3) is 0 Å². The summed E-state index contributed by atoms with van der Waals surface area (Å²) in [4.78, 5) is 4.12. The lowest BCUT2D eigenvalue weighted by atomic mass is 10.2. The first-order chi connectivity index (χ1) is 9.70. The molecule has 0 aliphatic carbocycles. The van der Waals surface area contributed by atoms with Gasteiger partial charge in [0.1, 0.15) is 11.6 Å². The van der Waals surface area contributed by atoms with E-state index in [0.29, 0.717) is 12.4 Å².